The SMILES string of the molecule is O=S(=O)(C1CC1)N1CCCC1CF. The highest BCUT2D eigenvalue weighted by atomic mass is 32.2. The minimum Gasteiger partial charge on any atom is -0.249 e. The largest absolute Gasteiger partial charge is 0.249 e. The smallest absolute Gasteiger partial charge is 0.217 e. The lowest BCUT2D eigenvalue weighted by Gasteiger charge is -2.21. The van der Waals surface area contributed by atoms with Crippen LogP contribution < -0.4 is 0 Å². The maximum Gasteiger partial charge on any atom is 0.217 e. The monoisotopic (exact) mass is 207 g/mol. The molecule has 2 rings (SSSR count). The van der Waals surface area contributed by atoms with Gasteiger partial charge >= 0.3 is 0 Å². The Morgan fingerprint density at radius 2 is 2.00 bits per heavy atom. The maximum absolute atomic E-state index is 12.5. The third-order valence-electron chi connectivity index (χ3n) is 2.77. The van der Waals surface area contributed by atoms with Crippen LogP contribution in [0.25, 0.3) is 0 Å². The van der Waals surface area contributed by atoms with E-state index in [-0.39, 0.29) is 11.3 Å². The molecule has 1 heterocycles. The molecular formula is C8H14FNO2S. The highest BCUT2D eigenvalue weighted by molar-refractivity contribution is 7.90. The van der Waals surface area contributed by atoms with Gasteiger partial charge in [0.1, 0.15) is 6.67 Å². The van der Waals surface area contributed by atoms with E-state index in [0.29, 0.717) is 13.0 Å². The summed E-state index contributed by atoms with van der Waals surface area (Å²) in [5.74, 6) is 0. The predicted octanol–water partition coefficient (Wildman–Crippen LogP) is 0.912. The van der Waals surface area contributed by atoms with Crippen molar-refractivity contribution in [2.45, 2.75) is 37.0 Å². The van der Waals surface area contributed by atoms with Crippen LogP contribution in [0.2, 0.25) is 0 Å². The van der Waals surface area contributed by atoms with Gasteiger partial charge in [-0.15, -0.1) is 0 Å². The molecule has 1 saturated carbocycles. The van der Waals surface area contributed by atoms with Gasteiger partial charge < -0.3 is 0 Å². The molecule has 0 N–H and O–H groups in total. The molecule has 1 aliphatic carbocycles. The molecule has 13 heavy (non-hydrogen) atoms. The first kappa shape index (κ1) is 9.40. The second-order valence-corrected chi connectivity index (χ2v) is 5.97. The first-order valence-corrected chi connectivity index (χ1v) is 6.23. The van der Waals surface area contributed by atoms with Crippen LogP contribution in [0.5, 0.6) is 0 Å². The van der Waals surface area contributed by atoms with Crippen LogP contribution in [0.3, 0.4) is 0 Å². The number of sulfonamides is 1. The number of nitrogens with zero attached hydrogens (tertiary/aromatic N) is 1. The van der Waals surface area contributed by atoms with E-state index in [9.17, 15) is 12.8 Å². The second kappa shape index (κ2) is 3.20. The van der Waals surface area contributed by atoms with E-state index in [2.05, 4.69) is 0 Å². The van der Waals surface area contributed by atoms with E-state index in [4.69, 9.17) is 0 Å². The zero-order chi connectivity index (χ0) is 9.47. The summed E-state index contributed by atoms with van der Waals surface area (Å²) >= 11 is 0. The van der Waals surface area contributed by atoms with Gasteiger partial charge in [-0.05, 0) is 25.7 Å². The molecule has 0 radical (unpaired) electrons. The Bertz CT molecular complexity index is 287. The van der Waals surface area contributed by atoms with E-state index in [1.165, 1.54) is 4.31 Å². The van der Waals surface area contributed by atoms with Crippen molar-refractivity contribution in [1.29, 1.82) is 0 Å². The van der Waals surface area contributed by atoms with Crippen LogP contribution in [0.1, 0.15) is 25.7 Å². The lowest BCUT2D eigenvalue weighted by atomic mass is 10.2. The van der Waals surface area contributed by atoms with Crippen LogP contribution in [-0.2, 0) is 10.0 Å². The Balaban J connectivity index is 2.14. The molecule has 1 atom stereocenters. The molecule has 0 aromatic rings. The number of alkyl halides is 1. The zero-order valence-electron chi connectivity index (χ0n) is 7.45. The molecule has 0 bridgehead atoms. The Kier molecular flexibility index (Phi) is 2.32. The van der Waals surface area contributed by atoms with Gasteiger partial charge in [-0.25, -0.2) is 12.8 Å². The van der Waals surface area contributed by atoms with E-state index < -0.39 is 16.7 Å². The molecular weight excluding hydrogens is 193 g/mol. The fourth-order valence-corrected chi connectivity index (χ4v) is 3.93. The van der Waals surface area contributed by atoms with Gasteiger partial charge in [0.2, 0.25) is 10.0 Å². The first-order valence-electron chi connectivity index (χ1n) is 4.73. The minimum absolute atomic E-state index is 0.195. The van der Waals surface area contributed by atoms with Gasteiger partial charge in [-0.2, -0.15) is 4.31 Å². The lowest BCUT2D eigenvalue weighted by molar-refractivity contribution is 0.311. The molecule has 1 aliphatic heterocycles. The number of halogens is 1. The summed E-state index contributed by atoms with van der Waals surface area (Å²) in [7, 11) is -3.13. The third-order valence-corrected chi connectivity index (χ3v) is 5.22. The molecule has 1 saturated heterocycles. The average Bonchev–Trinajstić information content (AvgIpc) is 2.84. The molecule has 5 heteroatoms. The maximum atomic E-state index is 12.5. The van der Waals surface area contributed by atoms with Crippen LogP contribution in [-0.4, -0.2) is 37.2 Å². The van der Waals surface area contributed by atoms with Crippen molar-refractivity contribution in [2.24, 2.45) is 0 Å². The molecule has 0 aromatic carbocycles. The number of hydrogen-bond acceptors (Lipinski definition) is 2. The van der Waals surface area contributed by atoms with E-state index >= 15 is 0 Å². The highest BCUT2D eigenvalue weighted by Crippen LogP contribution is 2.34. The molecule has 2 aliphatic rings. The van der Waals surface area contributed by atoms with Gasteiger partial charge in [0.15, 0.2) is 0 Å². The summed E-state index contributed by atoms with van der Waals surface area (Å²) in [6, 6.07) is -0.370. The molecule has 1 unspecified atom stereocenters. The molecule has 76 valence electrons. The molecule has 2 fully saturated rings. The Morgan fingerprint density at radius 3 is 2.54 bits per heavy atom. The van der Waals surface area contributed by atoms with Gasteiger partial charge in [-0.3, -0.25) is 0 Å². The summed E-state index contributed by atoms with van der Waals surface area (Å²) in [6.07, 6.45) is 3.01. The molecule has 0 amide bonds. The summed E-state index contributed by atoms with van der Waals surface area (Å²) in [4.78, 5) is 0. The Morgan fingerprint density at radius 1 is 1.31 bits per heavy atom. The van der Waals surface area contributed by atoms with Crippen molar-refractivity contribution in [3.05, 3.63) is 0 Å². The zero-order valence-corrected chi connectivity index (χ0v) is 8.26. The highest BCUT2D eigenvalue weighted by Gasteiger charge is 2.44. The fraction of sp³-hybridized carbons (Fsp3) is 1.00. The van der Waals surface area contributed by atoms with Crippen molar-refractivity contribution in [3.8, 4) is 0 Å². The van der Waals surface area contributed by atoms with Gasteiger partial charge in [-0.1, -0.05) is 0 Å². The van der Waals surface area contributed by atoms with Crippen molar-refractivity contribution in [1.82, 2.24) is 4.31 Å². The van der Waals surface area contributed by atoms with Crippen LogP contribution >= 0.6 is 0 Å². The summed E-state index contributed by atoms with van der Waals surface area (Å²) in [5, 5.41) is -0.195. The van der Waals surface area contributed by atoms with Crippen molar-refractivity contribution >= 4 is 10.0 Å². The predicted molar refractivity (Wildman–Crippen MR) is 47.6 cm³/mol. The Labute approximate surface area is 78.0 Å². The fourth-order valence-electron chi connectivity index (χ4n) is 1.86. The standard InChI is InChI=1S/C8H14FNO2S/c9-6-7-2-1-5-10(7)13(11,12)8-3-4-8/h7-8H,1-6H2. The Hall–Kier alpha value is -0.160. The topological polar surface area (TPSA) is 37.4 Å². The van der Waals surface area contributed by atoms with Crippen molar-refractivity contribution in [2.75, 3.05) is 13.2 Å². The van der Waals surface area contributed by atoms with Gasteiger partial charge in [0.25, 0.3) is 0 Å². The minimum atomic E-state index is -3.13. The van der Waals surface area contributed by atoms with Crippen molar-refractivity contribution in [3.63, 3.8) is 0 Å². The summed E-state index contributed by atoms with van der Waals surface area (Å²) < 4.78 is 37.3. The van der Waals surface area contributed by atoms with E-state index in [1.807, 2.05) is 0 Å². The summed E-state index contributed by atoms with van der Waals surface area (Å²) in [6.45, 7) is -0.0145. The van der Waals surface area contributed by atoms with Crippen LogP contribution in [0, 0.1) is 0 Å². The van der Waals surface area contributed by atoms with Crippen LogP contribution in [0.4, 0.5) is 4.39 Å². The quantitative estimate of drug-likeness (QED) is 0.690. The lowest BCUT2D eigenvalue weighted by Crippen LogP contribution is -2.38. The first-order chi connectivity index (χ1) is 6.16. The van der Waals surface area contributed by atoms with Crippen LogP contribution in [0.15, 0.2) is 0 Å². The molecule has 0 spiro atoms. The third kappa shape index (κ3) is 1.59. The van der Waals surface area contributed by atoms with Gasteiger partial charge in [0, 0.05) is 6.54 Å². The second-order valence-electron chi connectivity index (χ2n) is 3.81. The van der Waals surface area contributed by atoms with E-state index in [1.54, 1.807) is 0 Å². The molecule has 3 nitrogen and oxygen atoms in total. The number of rotatable bonds is 3. The summed E-state index contributed by atoms with van der Waals surface area (Å²) in [5.41, 5.74) is 0. The normalized spacial score (nSPS) is 31.0. The van der Waals surface area contributed by atoms with E-state index in [0.717, 1.165) is 19.3 Å². The average molecular weight is 207 g/mol. The van der Waals surface area contributed by atoms with Crippen molar-refractivity contribution < 1.29 is 12.8 Å². The number of hydrogen-bond donors (Lipinski definition) is 0. The van der Waals surface area contributed by atoms with Gasteiger partial charge in [0.05, 0.1) is 11.3 Å². The molecule has 0 aromatic heterocycles.